The lowest BCUT2D eigenvalue weighted by Gasteiger charge is -2.52. The summed E-state index contributed by atoms with van der Waals surface area (Å²) in [6, 6.07) is 4.31. The molecule has 4 rings (SSSR count). The van der Waals surface area contributed by atoms with E-state index < -0.39 is 0 Å². The van der Waals surface area contributed by atoms with E-state index in [2.05, 4.69) is 27.3 Å². The summed E-state index contributed by atoms with van der Waals surface area (Å²) in [6.07, 6.45) is 15.0. The molecule has 3 nitrogen and oxygen atoms in total. The van der Waals surface area contributed by atoms with Crippen LogP contribution in [-0.4, -0.2) is 34.1 Å². The molecule has 0 radical (unpaired) electrons. The third-order valence-corrected chi connectivity index (χ3v) is 6.15. The van der Waals surface area contributed by atoms with E-state index >= 15 is 0 Å². The molecule has 1 aliphatic heterocycles. The van der Waals surface area contributed by atoms with Crippen molar-refractivity contribution in [2.24, 2.45) is 0 Å². The number of hydrogen-bond acceptors (Lipinski definition) is 3. The van der Waals surface area contributed by atoms with E-state index in [0.717, 1.165) is 6.54 Å². The summed E-state index contributed by atoms with van der Waals surface area (Å²) in [5.41, 5.74) is 2.21. The van der Waals surface area contributed by atoms with Crippen LogP contribution in [0.2, 0.25) is 0 Å². The minimum atomic E-state index is 0.413. The maximum Gasteiger partial charge on any atom is 0.0338 e. The Labute approximate surface area is 128 Å². The molecule has 2 aliphatic carbocycles. The van der Waals surface area contributed by atoms with Crippen molar-refractivity contribution in [3.63, 3.8) is 0 Å². The highest BCUT2D eigenvalue weighted by molar-refractivity contribution is 5.14. The van der Waals surface area contributed by atoms with Gasteiger partial charge >= 0.3 is 0 Å². The van der Waals surface area contributed by atoms with Crippen LogP contribution in [0.4, 0.5) is 0 Å². The molecule has 21 heavy (non-hydrogen) atoms. The van der Waals surface area contributed by atoms with Crippen molar-refractivity contribution in [1.82, 2.24) is 15.2 Å². The quantitative estimate of drug-likeness (QED) is 0.905. The van der Waals surface area contributed by atoms with E-state index in [1.807, 2.05) is 12.4 Å². The average molecular weight is 285 g/mol. The molecular formula is C18H27N3. The Bertz CT molecular complexity index is 472. The predicted octanol–water partition coefficient (Wildman–Crippen LogP) is 3.11. The van der Waals surface area contributed by atoms with Gasteiger partial charge in [0.15, 0.2) is 0 Å². The number of pyridine rings is 1. The summed E-state index contributed by atoms with van der Waals surface area (Å²) >= 11 is 0. The van der Waals surface area contributed by atoms with Crippen molar-refractivity contribution in [3.8, 4) is 0 Å². The van der Waals surface area contributed by atoms with Gasteiger partial charge in [-0.05, 0) is 37.3 Å². The first-order valence-electron chi connectivity index (χ1n) is 8.69. The van der Waals surface area contributed by atoms with Gasteiger partial charge in [-0.15, -0.1) is 0 Å². The van der Waals surface area contributed by atoms with Gasteiger partial charge in [0.25, 0.3) is 0 Å². The van der Waals surface area contributed by atoms with Crippen molar-refractivity contribution in [2.45, 2.75) is 69.0 Å². The van der Waals surface area contributed by atoms with Gasteiger partial charge in [-0.25, -0.2) is 0 Å². The van der Waals surface area contributed by atoms with Gasteiger partial charge in [-0.3, -0.25) is 9.88 Å². The van der Waals surface area contributed by atoms with Gasteiger partial charge in [0.05, 0.1) is 0 Å². The van der Waals surface area contributed by atoms with Gasteiger partial charge in [-0.1, -0.05) is 31.7 Å². The molecule has 1 aromatic heterocycles. The Morgan fingerprint density at radius 3 is 2.57 bits per heavy atom. The first-order valence-corrected chi connectivity index (χ1v) is 8.69. The zero-order valence-electron chi connectivity index (χ0n) is 13.0. The molecule has 0 bridgehead atoms. The van der Waals surface area contributed by atoms with E-state index in [1.54, 1.807) is 0 Å². The number of nitrogens with one attached hydrogen (secondary N) is 1. The molecule has 0 unspecified atom stereocenters. The van der Waals surface area contributed by atoms with Gasteiger partial charge in [0.1, 0.15) is 0 Å². The van der Waals surface area contributed by atoms with Crippen LogP contribution in [0.5, 0.6) is 0 Å². The second-order valence-corrected chi connectivity index (χ2v) is 7.49. The third kappa shape index (κ3) is 2.51. The van der Waals surface area contributed by atoms with E-state index in [4.69, 9.17) is 0 Å². The smallest absolute Gasteiger partial charge is 0.0338 e. The third-order valence-electron chi connectivity index (χ3n) is 6.15. The predicted molar refractivity (Wildman–Crippen MR) is 85.0 cm³/mol. The molecular weight excluding hydrogens is 258 g/mol. The van der Waals surface area contributed by atoms with Crippen LogP contribution >= 0.6 is 0 Å². The second-order valence-electron chi connectivity index (χ2n) is 7.49. The molecule has 1 aromatic rings. The Hall–Kier alpha value is -0.930. The van der Waals surface area contributed by atoms with Crippen LogP contribution in [-0.2, 0) is 6.54 Å². The van der Waals surface area contributed by atoms with Crippen LogP contribution in [0.1, 0.15) is 56.9 Å². The molecule has 114 valence electrons. The average Bonchev–Trinajstić information content (AvgIpc) is 3.15. The fourth-order valence-electron chi connectivity index (χ4n) is 4.90. The molecule has 0 aromatic carbocycles. The second kappa shape index (κ2) is 5.36. The summed E-state index contributed by atoms with van der Waals surface area (Å²) in [5, 5.41) is 3.99. The van der Waals surface area contributed by atoms with Crippen molar-refractivity contribution in [1.29, 1.82) is 0 Å². The highest BCUT2D eigenvalue weighted by Gasteiger charge is 2.49. The van der Waals surface area contributed by atoms with E-state index in [-0.39, 0.29) is 0 Å². The molecule has 1 N–H and O–H groups in total. The Morgan fingerprint density at radius 1 is 1.10 bits per heavy atom. The summed E-state index contributed by atoms with van der Waals surface area (Å²) in [6.45, 7) is 3.52. The lowest BCUT2D eigenvalue weighted by Crippen LogP contribution is -2.68. The van der Waals surface area contributed by atoms with Crippen LogP contribution < -0.4 is 5.32 Å². The topological polar surface area (TPSA) is 28.2 Å². The molecule has 0 atom stereocenters. The van der Waals surface area contributed by atoms with Gasteiger partial charge < -0.3 is 5.32 Å². The molecule has 2 heterocycles. The molecule has 3 aliphatic rings. The fraction of sp³-hybridized carbons (Fsp3) is 0.722. The lowest BCUT2D eigenvalue weighted by atomic mass is 9.84. The summed E-state index contributed by atoms with van der Waals surface area (Å²) in [5.74, 6) is 0. The SMILES string of the molecule is c1cncc(CN2CC3(CCCC3)NCC23CCCC3)c1. The summed E-state index contributed by atoms with van der Waals surface area (Å²) < 4.78 is 0. The maximum absolute atomic E-state index is 4.31. The van der Waals surface area contributed by atoms with Gasteiger partial charge in [0.2, 0.25) is 0 Å². The molecule has 0 amide bonds. The molecule has 3 heteroatoms. The maximum atomic E-state index is 4.31. The van der Waals surface area contributed by atoms with E-state index in [1.165, 1.54) is 70.0 Å². The Balaban J connectivity index is 1.58. The van der Waals surface area contributed by atoms with Crippen molar-refractivity contribution >= 4 is 0 Å². The zero-order chi connectivity index (χ0) is 14.2. The van der Waals surface area contributed by atoms with Gasteiger partial charge in [0, 0.05) is 43.1 Å². The minimum absolute atomic E-state index is 0.413. The normalized spacial score (nSPS) is 27.6. The highest BCUT2D eigenvalue weighted by Crippen LogP contribution is 2.43. The number of piperazine rings is 1. The largest absolute Gasteiger partial charge is 0.308 e. The molecule has 1 saturated heterocycles. The fourth-order valence-corrected chi connectivity index (χ4v) is 4.90. The first-order chi connectivity index (χ1) is 10.3. The van der Waals surface area contributed by atoms with Crippen LogP contribution in [0.3, 0.4) is 0 Å². The molecule has 2 saturated carbocycles. The van der Waals surface area contributed by atoms with Crippen LogP contribution in [0.25, 0.3) is 0 Å². The standard InChI is InChI=1S/C18H27N3/c1-2-8-17(7-1)15-21(13-16-6-5-11-19-12-16)18(14-20-17)9-3-4-10-18/h5-6,11-12,20H,1-4,7-10,13-15H2. The summed E-state index contributed by atoms with van der Waals surface area (Å²) in [7, 11) is 0. The van der Waals surface area contributed by atoms with Crippen molar-refractivity contribution < 1.29 is 0 Å². The highest BCUT2D eigenvalue weighted by atomic mass is 15.3. The lowest BCUT2D eigenvalue weighted by molar-refractivity contribution is 0.00269. The van der Waals surface area contributed by atoms with Crippen molar-refractivity contribution in [2.75, 3.05) is 13.1 Å². The van der Waals surface area contributed by atoms with Crippen LogP contribution in [0, 0.1) is 0 Å². The molecule has 3 fully saturated rings. The van der Waals surface area contributed by atoms with E-state index in [0.29, 0.717) is 11.1 Å². The van der Waals surface area contributed by atoms with Crippen LogP contribution in [0.15, 0.2) is 24.5 Å². The van der Waals surface area contributed by atoms with Crippen molar-refractivity contribution in [3.05, 3.63) is 30.1 Å². The van der Waals surface area contributed by atoms with E-state index in [9.17, 15) is 0 Å². The Kier molecular flexibility index (Phi) is 3.50. The Morgan fingerprint density at radius 2 is 1.86 bits per heavy atom. The number of aromatic nitrogens is 1. The minimum Gasteiger partial charge on any atom is -0.308 e. The number of nitrogens with zero attached hydrogens (tertiary/aromatic N) is 2. The van der Waals surface area contributed by atoms with Gasteiger partial charge in [-0.2, -0.15) is 0 Å². The summed E-state index contributed by atoms with van der Waals surface area (Å²) in [4.78, 5) is 7.13. The zero-order valence-corrected chi connectivity index (χ0v) is 13.0. The number of hydrogen-bond donors (Lipinski definition) is 1. The monoisotopic (exact) mass is 285 g/mol. The first kappa shape index (κ1) is 13.7. The number of rotatable bonds is 2. The molecule has 2 spiro atoms.